The molecule has 5 nitrogen and oxygen atoms in total. The highest BCUT2D eigenvalue weighted by atomic mass is 32.2. The summed E-state index contributed by atoms with van der Waals surface area (Å²) in [5.74, 6) is 0.591. The molecular weight excluding hydrogens is 298 g/mol. The standard InChI is InChI=1S/C16H15N3O2S/c1-11-4-2-5-12(8-11)9-14-15(20)18-16(22-14)19-17-10-13-6-3-7-21-13/h2-8,10,14H,9H2,1H3,(H,18,19,20)/b17-10-/t14-/m0/s1. The maximum absolute atomic E-state index is 12.0. The average Bonchev–Trinajstić information content (AvgIpc) is 3.10. The molecule has 0 bridgehead atoms. The highest BCUT2D eigenvalue weighted by molar-refractivity contribution is 8.15. The first kappa shape index (κ1) is 14.6. The second-order valence-electron chi connectivity index (χ2n) is 4.95. The van der Waals surface area contributed by atoms with E-state index in [1.165, 1.54) is 23.5 Å². The van der Waals surface area contributed by atoms with Gasteiger partial charge in [-0.2, -0.15) is 5.10 Å². The van der Waals surface area contributed by atoms with Gasteiger partial charge < -0.3 is 9.73 Å². The van der Waals surface area contributed by atoms with Gasteiger partial charge in [-0.05, 0) is 31.0 Å². The summed E-state index contributed by atoms with van der Waals surface area (Å²) in [5, 5.41) is 11.0. The van der Waals surface area contributed by atoms with Crippen LogP contribution in [0.15, 0.2) is 57.3 Å². The minimum atomic E-state index is -0.167. The first-order chi connectivity index (χ1) is 10.7. The molecule has 1 aromatic carbocycles. The van der Waals surface area contributed by atoms with Crippen molar-refractivity contribution in [1.29, 1.82) is 0 Å². The summed E-state index contributed by atoms with van der Waals surface area (Å²) in [6.07, 6.45) is 3.76. The zero-order valence-electron chi connectivity index (χ0n) is 12.0. The molecule has 2 aromatic rings. The summed E-state index contributed by atoms with van der Waals surface area (Å²) >= 11 is 1.40. The molecule has 3 rings (SSSR count). The number of nitrogens with zero attached hydrogens (tertiary/aromatic N) is 2. The number of benzene rings is 1. The second-order valence-corrected chi connectivity index (χ2v) is 6.15. The Balaban J connectivity index is 1.63. The van der Waals surface area contributed by atoms with Gasteiger partial charge in [0.2, 0.25) is 5.91 Å². The van der Waals surface area contributed by atoms with Crippen LogP contribution in [0.4, 0.5) is 0 Å². The SMILES string of the molecule is Cc1cccc(C[C@@H]2S/C(=N\N=C/c3ccco3)NC2=O)c1. The Bertz CT molecular complexity index is 723. The highest BCUT2D eigenvalue weighted by Crippen LogP contribution is 2.23. The quantitative estimate of drug-likeness (QED) is 0.697. The molecule has 1 aromatic heterocycles. The normalized spacial score (nSPS) is 20.0. The van der Waals surface area contributed by atoms with E-state index in [2.05, 4.69) is 21.6 Å². The van der Waals surface area contributed by atoms with Crippen LogP contribution in [0.3, 0.4) is 0 Å². The van der Waals surface area contributed by atoms with Crippen LogP contribution < -0.4 is 5.32 Å². The maximum Gasteiger partial charge on any atom is 0.239 e. The Kier molecular flexibility index (Phi) is 4.39. The summed E-state index contributed by atoms with van der Waals surface area (Å²) in [6, 6.07) is 11.7. The molecule has 1 N–H and O–H groups in total. The number of hydrogen-bond acceptors (Lipinski definition) is 5. The number of rotatable bonds is 4. The van der Waals surface area contributed by atoms with Crippen molar-refractivity contribution in [2.75, 3.05) is 0 Å². The molecule has 1 atom stereocenters. The van der Waals surface area contributed by atoms with Gasteiger partial charge in [0.05, 0.1) is 17.7 Å². The van der Waals surface area contributed by atoms with Crippen LogP contribution in [-0.4, -0.2) is 22.5 Å². The number of aryl methyl sites for hydroxylation is 1. The Morgan fingerprint density at radius 3 is 3.05 bits per heavy atom. The Hall–Kier alpha value is -2.34. The van der Waals surface area contributed by atoms with Crippen LogP contribution in [0.2, 0.25) is 0 Å². The van der Waals surface area contributed by atoms with Crippen LogP contribution in [0.5, 0.6) is 0 Å². The number of furan rings is 1. The molecular formula is C16H15N3O2S. The summed E-state index contributed by atoms with van der Waals surface area (Å²) in [7, 11) is 0. The second kappa shape index (κ2) is 6.62. The van der Waals surface area contributed by atoms with Gasteiger partial charge in [-0.3, -0.25) is 4.79 Å². The molecule has 0 radical (unpaired) electrons. The molecule has 1 saturated heterocycles. The molecule has 0 saturated carbocycles. The first-order valence-corrected chi connectivity index (χ1v) is 7.76. The van der Waals surface area contributed by atoms with Crippen LogP contribution in [-0.2, 0) is 11.2 Å². The van der Waals surface area contributed by atoms with Crippen LogP contribution in [0.25, 0.3) is 0 Å². The van der Waals surface area contributed by atoms with Gasteiger partial charge in [-0.25, -0.2) is 0 Å². The molecule has 1 fully saturated rings. The number of carbonyl (C=O) groups excluding carboxylic acids is 1. The van der Waals surface area contributed by atoms with Gasteiger partial charge in [0.15, 0.2) is 5.17 Å². The molecule has 22 heavy (non-hydrogen) atoms. The molecule has 1 aliphatic heterocycles. The number of carbonyl (C=O) groups is 1. The van der Waals surface area contributed by atoms with Crippen molar-refractivity contribution < 1.29 is 9.21 Å². The predicted molar refractivity (Wildman–Crippen MR) is 88.1 cm³/mol. The molecule has 0 unspecified atom stereocenters. The molecule has 1 aliphatic rings. The van der Waals surface area contributed by atoms with E-state index in [9.17, 15) is 4.79 Å². The number of amidine groups is 1. The lowest BCUT2D eigenvalue weighted by molar-refractivity contribution is -0.118. The summed E-state index contributed by atoms with van der Waals surface area (Å²) in [5.41, 5.74) is 2.34. The van der Waals surface area contributed by atoms with Crippen molar-refractivity contribution in [3.63, 3.8) is 0 Å². The van der Waals surface area contributed by atoms with E-state index < -0.39 is 0 Å². The van der Waals surface area contributed by atoms with Crippen LogP contribution in [0, 0.1) is 6.92 Å². The van der Waals surface area contributed by atoms with Gasteiger partial charge >= 0.3 is 0 Å². The van der Waals surface area contributed by atoms with E-state index >= 15 is 0 Å². The lowest BCUT2D eigenvalue weighted by atomic mass is 10.1. The van der Waals surface area contributed by atoms with E-state index in [0.717, 1.165) is 5.56 Å². The number of nitrogens with one attached hydrogen (secondary N) is 1. The molecule has 2 heterocycles. The van der Waals surface area contributed by atoms with Gasteiger partial charge in [0, 0.05) is 0 Å². The summed E-state index contributed by atoms with van der Waals surface area (Å²) < 4.78 is 5.12. The number of hydrogen-bond donors (Lipinski definition) is 1. The fraction of sp³-hybridized carbons (Fsp3) is 0.188. The molecule has 0 aliphatic carbocycles. The molecule has 0 spiro atoms. The fourth-order valence-corrected chi connectivity index (χ4v) is 3.11. The third-order valence-corrected chi connectivity index (χ3v) is 4.23. The minimum absolute atomic E-state index is 0.0292. The predicted octanol–water partition coefficient (Wildman–Crippen LogP) is 2.75. The maximum atomic E-state index is 12.0. The number of thioether (sulfide) groups is 1. The van der Waals surface area contributed by atoms with Gasteiger partial charge in [-0.1, -0.05) is 41.6 Å². The third kappa shape index (κ3) is 3.65. The Morgan fingerprint density at radius 1 is 1.36 bits per heavy atom. The topological polar surface area (TPSA) is 67.0 Å². The monoisotopic (exact) mass is 313 g/mol. The van der Waals surface area contributed by atoms with E-state index in [4.69, 9.17) is 4.42 Å². The van der Waals surface area contributed by atoms with E-state index in [1.54, 1.807) is 18.4 Å². The van der Waals surface area contributed by atoms with Crippen molar-refractivity contribution in [2.24, 2.45) is 10.2 Å². The van der Waals surface area contributed by atoms with Crippen LogP contribution in [0.1, 0.15) is 16.9 Å². The minimum Gasteiger partial charge on any atom is -0.463 e. The average molecular weight is 313 g/mol. The van der Waals surface area contributed by atoms with E-state index in [0.29, 0.717) is 17.3 Å². The van der Waals surface area contributed by atoms with Crippen LogP contribution >= 0.6 is 11.8 Å². The number of amides is 1. The van der Waals surface area contributed by atoms with E-state index in [-0.39, 0.29) is 11.2 Å². The lowest BCUT2D eigenvalue weighted by Crippen LogP contribution is -2.25. The molecule has 112 valence electrons. The van der Waals surface area contributed by atoms with Crippen molar-refractivity contribution in [3.05, 3.63) is 59.5 Å². The zero-order chi connectivity index (χ0) is 15.4. The largest absolute Gasteiger partial charge is 0.463 e. The first-order valence-electron chi connectivity index (χ1n) is 6.88. The van der Waals surface area contributed by atoms with Gasteiger partial charge in [0.1, 0.15) is 5.76 Å². The zero-order valence-corrected chi connectivity index (χ0v) is 12.8. The van der Waals surface area contributed by atoms with Crippen molar-refractivity contribution in [3.8, 4) is 0 Å². The fourth-order valence-electron chi connectivity index (χ4n) is 2.14. The van der Waals surface area contributed by atoms with E-state index in [1.807, 2.05) is 25.1 Å². The van der Waals surface area contributed by atoms with Crippen molar-refractivity contribution in [1.82, 2.24) is 5.32 Å². The Morgan fingerprint density at radius 2 is 2.27 bits per heavy atom. The van der Waals surface area contributed by atoms with Crippen molar-refractivity contribution in [2.45, 2.75) is 18.6 Å². The van der Waals surface area contributed by atoms with Gasteiger partial charge in [0.25, 0.3) is 0 Å². The summed E-state index contributed by atoms with van der Waals surface area (Å²) in [6.45, 7) is 2.04. The van der Waals surface area contributed by atoms with Gasteiger partial charge in [-0.15, -0.1) is 5.10 Å². The molecule has 1 amide bonds. The summed E-state index contributed by atoms with van der Waals surface area (Å²) in [4.78, 5) is 12.0. The smallest absolute Gasteiger partial charge is 0.239 e. The Labute approximate surface area is 132 Å². The molecule has 6 heteroatoms. The lowest BCUT2D eigenvalue weighted by Gasteiger charge is -2.05. The highest BCUT2D eigenvalue weighted by Gasteiger charge is 2.30. The third-order valence-electron chi connectivity index (χ3n) is 3.16. The van der Waals surface area contributed by atoms with Crippen molar-refractivity contribution >= 4 is 29.1 Å².